The molecule has 1 aliphatic heterocycles. The lowest BCUT2D eigenvalue weighted by Crippen LogP contribution is -2.40. The molecule has 1 atom stereocenters. The van der Waals surface area contributed by atoms with Gasteiger partial charge in [-0.1, -0.05) is 65.9 Å². The second-order valence-electron chi connectivity index (χ2n) is 10.6. The molecule has 14 heteroatoms. The lowest BCUT2D eigenvalue weighted by atomic mass is 9.93. The Kier molecular flexibility index (Phi) is 9.25. The molecule has 248 valence electrons. The fourth-order valence-corrected chi connectivity index (χ4v) is 7.15. The Hall–Kier alpha value is -5.86. The van der Waals surface area contributed by atoms with Crippen LogP contribution in [0.2, 0.25) is 0 Å². The van der Waals surface area contributed by atoms with Gasteiger partial charge in [-0.3, -0.25) is 19.5 Å². The fraction of sp³-hybridized carbons (Fsp3) is 0.114. The molecule has 0 spiro atoms. The number of methoxy groups -OCH3 is 1. The van der Waals surface area contributed by atoms with Crippen molar-refractivity contribution in [3.63, 3.8) is 0 Å². The lowest BCUT2D eigenvalue weighted by Gasteiger charge is -2.26. The van der Waals surface area contributed by atoms with E-state index in [1.165, 1.54) is 16.7 Å². The molecular formula is C35H27N3O9S2. The van der Waals surface area contributed by atoms with Crippen molar-refractivity contribution in [1.29, 1.82) is 0 Å². The monoisotopic (exact) mass is 697 g/mol. The third-order valence-corrected chi connectivity index (χ3v) is 9.77. The van der Waals surface area contributed by atoms with Crippen molar-refractivity contribution in [2.75, 3.05) is 13.7 Å². The van der Waals surface area contributed by atoms with E-state index in [2.05, 4.69) is 0 Å². The van der Waals surface area contributed by atoms with Crippen LogP contribution in [0.15, 0.2) is 123 Å². The molecule has 0 saturated carbocycles. The van der Waals surface area contributed by atoms with Crippen molar-refractivity contribution in [3.05, 3.63) is 155 Å². The second kappa shape index (κ2) is 13.7. The van der Waals surface area contributed by atoms with E-state index in [1.807, 2.05) is 30.3 Å². The molecule has 2 heterocycles. The number of nitro groups is 1. The number of fused-ring (bicyclic) bond motifs is 1. The normalized spacial score (nSPS) is 14.5. The number of nitrogens with zero attached hydrogens (tertiary/aromatic N) is 3. The molecule has 5 aromatic rings. The topological polar surface area (TPSA) is 156 Å². The number of carbonyl (C=O) groups is 1. The van der Waals surface area contributed by atoms with E-state index < -0.39 is 27.1 Å². The summed E-state index contributed by atoms with van der Waals surface area (Å²) in [6, 6.07) is 25.8. The zero-order valence-electron chi connectivity index (χ0n) is 26.0. The molecule has 0 fully saturated rings. The van der Waals surface area contributed by atoms with E-state index in [-0.39, 0.29) is 34.1 Å². The van der Waals surface area contributed by atoms with E-state index in [0.717, 1.165) is 35.6 Å². The van der Waals surface area contributed by atoms with Gasteiger partial charge < -0.3 is 13.7 Å². The number of ether oxygens (including phenoxy) is 2. The van der Waals surface area contributed by atoms with Crippen molar-refractivity contribution >= 4 is 44.9 Å². The van der Waals surface area contributed by atoms with Crippen LogP contribution in [0, 0.1) is 10.1 Å². The van der Waals surface area contributed by atoms with Gasteiger partial charge in [-0.15, -0.1) is 0 Å². The Balaban J connectivity index is 1.41. The largest absolute Gasteiger partial charge is 0.497 e. The van der Waals surface area contributed by atoms with Crippen molar-refractivity contribution in [2.45, 2.75) is 17.9 Å². The number of aromatic nitrogens is 1. The summed E-state index contributed by atoms with van der Waals surface area (Å²) in [7, 11) is -2.72. The number of non-ortho nitro benzene ring substituents is 1. The number of esters is 1. The first kappa shape index (κ1) is 33.1. The zero-order valence-corrected chi connectivity index (χ0v) is 27.6. The molecule has 0 N–H and O–H groups in total. The highest BCUT2D eigenvalue weighted by Crippen LogP contribution is 2.35. The molecule has 12 nitrogen and oxygen atoms in total. The molecule has 1 aromatic heterocycles. The Morgan fingerprint density at radius 2 is 1.61 bits per heavy atom. The predicted octanol–water partition coefficient (Wildman–Crippen LogP) is 4.62. The summed E-state index contributed by atoms with van der Waals surface area (Å²) in [6.45, 7) is 1.83. The quantitative estimate of drug-likeness (QED) is 0.0880. The van der Waals surface area contributed by atoms with Crippen LogP contribution in [0.5, 0.6) is 11.5 Å². The molecule has 4 aromatic carbocycles. The van der Waals surface area contributed by atoms with Crippen molar-refractivity contribution in [3.8, 4) is 11.5 Å². The standard InChI is InChI=1S/C35H27N3O9S2/c1-3-46-34(40)30-31(23-7-5-4-6-8-23)36-35-37(32(30)24-11-17-26(45-2)18-12-24)33(39)29(48-35)21-22-9-15-27(16-10-22)47-49(43,44)28-19-13-25(14-20-28)38(41)42/h4-21,32H,3H2,1-2H3/b29-21-/t32-/m1/s1. The van der Waals surface area contributed by atoms with Gasteiger partial charge in [-0.2, -0.15) is 8.42 Å². The van der Waals surface area contributed by atoms with Gasteiger partial charge in [0.25, 0.3) is 11.2 Å². The number of thiazole rings is 1. The third kappa shape index (κ3) is 6.77. The van der Waals surface area contributed by atoms with Crippen LogP contribution in [0.3, 0.4) is 0 Å². The summed E-state index contributed by atoms with van der Waals surface area (Å²) in [5, 5.41) is 10.9. The molecule has 1 aliphatic rings. The minimum absolute atomic E-state index is 0.00282. The Bertz CT molecular complexity index is 2370. The number of nitro benzene ring substituents is 1. The van der Waals surface area contributed by atoms with Gasteiger partial charge >= 0.3 is 16.1 Å². The summed E-state index contributed by atoms with van der Waals surface area (Å²) in [5.41, 5.74) is 1.86. The molecule has 0 unspecified atom stereocenters. The van der Waals surface area contributed by atoms with E-state index in [9.17, 15) is 28.1 Å². The average Bonchev–Trinajstić information content (AvgIpc) is 3.42. The molecule has 0 bridgehead atoms. The van der Waals surface area contributed by atoms with Crippen molar-refractivity contribution in [2.24, 2.45) is 4.99 Å². The molecule has 0 aliphatic carbocycles. The Labute approximate surface area is 283 Å². The van der Waals surface area contributed by atoms with Gasteiger partial charge in [0.2, 0.25) is 0 Å². The van der Waals surface area contributed by atoms with Crippen LogP contribution < -0.4 is 23.8 Å². The first-order valence-electron chi connectivity index (χ1n) is 14.8. The number of benzene rings is 4. The maximum atomic E-state index is 14.1. The number of carbonyl (C=O) groups excluding carboxylic acids is 1. The summed E-state index contributed by atoms with van der Waals surface area (Å²) in [6.07, 6.45) is 1.64. The molecule has 0 radical (unpaired) electrons. The predicted molar refractivity (Wildman–Crippen MR) is 181 cm³/mol. The van der Waals surface area contributed by atoms with Gasteiger partial charge in [-0.25, -0.2) is 9.79 Å². The van der Waals surface area contributed by atoms with Crippen LogP contribution in [0.1, 0.15) is 29.7 Å². The number of hydrogen-bond donors (Lipinski definition) is 0. The van der Waals surface area contributed by atoms with Crippen molar-refractivity contribution in [1.82, 2.24) is 4.57 Å². The fourth-order valence-electron chi connectivity index (χ4n) is 5.22. The van der Waals surface area contributed by atoms with Crippen LogP contribution in [0.25, 0.3) is 11.8 Å². The van der Waals surface area contributed by atoms with Crippen molar-refractivity contribution < 1.29 is 31.8 Å². The minimum atomic E-state index is -4.26. The average molecular weight is 698 g/mol. The van der Waals surface area contributed by atoms with Crippen LogP contribution in [-0.2, 0) is 19.6 Å². The highest BCUT2D eigenvalue weighted by Gasteiger charge is 2.35. The smallest absolute Gasteiger partial charge is 0.339 e. The van der Waals surface area contributed by atoms with Crippen LogP contribution >= 0.6 is 11.3 Å². The number of rotatable bonds is 10. The van der Waals surface area contributed by atoms with Crippen LogP contribution in [0.4, 0.5) is 5.69 Å². The Morgan fingerprint density at radius 3 is 2.22 bits per heavy atom. The van der Waals surface area contributed by atoms with Gasteiger partial charge in [-0.05, 0) is 60.5 Å². The van der Waals surface area contributed by atoms with Gasteiger partial charge in [0, 0.05) is 17.7 Å². The van der Waals surface area contributed by atoms with E-state index in [4.69, 9.17) is 18.6 Å². The first-order valence-corrected chi connectivity index (χ1v) is 17.0. The zero-order chi connectivity index (χ0) is 34.7. The van der Waals surface area contributed by atoms with E-state index >= 15 is 0 Å². The minimum Gasteiger partial charge on any atom is -0.497 e. The third-order valence-electron chi connectivity index (χ3n) is 7.53. The second-order valence-corrected chi connectivity index (χ2v) is 13.1. The summed E-state index contributed by atoms with van der Waals surface area (Å²) < 4.78 is 43.3. The van der Waals surface area contributed by atoms with E-state index in [1.54, 1.807) is 56.5 Å². The van der Waals surface area contributed by atoms with Crippen LogP contribution in [-0.4, -0.2) is 37.6 Å². The highest BCUT2D eigenvalue weighted by atomic mass is 32.2. The molecule has 0 amide bonds. The Morgan fingerprint density at radius 1 is 0.959 bits per heavy atom. The van der Waals surface area contributed by atoms with Gasteiger partial charge in [0.1, 0.15) is 16.4 Å². The highest BCUT2D eigenvalue weighted by molar-refractivity contribution is 7.87. The first-order chi connectivity index (χ1) is 23.6. The SMILES string of the molecule is CCOC(=O)C1=C(c2ccccc2)N=c2s/c(=C\c3ccc(OS(=O)(=O)c4ccc([N+](=O)[O-])cc4)cc3)c(=O)n2[C@@H]1c1ccc(OC)cc1. The maximum Gasteiger partial charge on any atom is 0.339 e. The molecule has 6 rings (SSSR count). The van der Waals surface area contributed by atoms with Gasteiger partial charge in [0.05, 0.1) is 40.5 Å². The molecular weight excluding hydrogens is 671 g/mol. The molecule has 0 saturated heterocycles. The lowest BCUT2D eigenvalue weighted by molar-refractivity contribution is -0.384. The molecule has 49 heavy (non-hydrogen) atoms. The maximum absolute atomic E-state index is 14.1. The van der Waals surface area contributed by atoms with E-state index in [0.29, 0.717) is 37.5 Å². The van der Waals surface area contributed by atoms with Gasteiger partial charge in [0.15, 0.2) is 4.80 Å². The summed E-state index contributed by atoms with van der Waals surface area (Å²) in [4.78, 5) is 42.9. The summed E-state index contributed by atoms with van der Waals surface area (Å²) >= 11 is 1.15. The number of hydrogen-bond acceptors (Lipinski definition) is 11. The summed E-state index contributed by atoms with van der Waals surface area (Å²) in [5.74, 6) is 0.0107.